The van der Waals surface area contributed by atoms with Gasteiger partial charge in [-0.05, 0) is 41.5 Å². The summed E-state index contributed by atoms with van der Waals surface area (Å²) in [5, 5.41) is 4.55. The van der Waals surface area contributed by atoms with Crippen LogP contribution in [0.3, 0.4) is 0 Å². The quantitative estimate of drug-likeness (QED) is 0.531. The van der Waals surface area contributed by atoms with Crippen molar-refractivity contribution in [2.24, 2.45) is 0 Å². The predicted octanol–water partition coefficient (Wildman–Crippen LogP) is 4.84. The summed E-state index contributed by atoms with van der Waals surface area (Å²) in [5.74, 6) is 0.734. The summed E-state index contributed by atoms with van der Waals surface area (Å²) in [6.45, 7) is 0. The highest BCUT2D eigenvalue weighted by Gasteiger charge is 2.17. The maximum absolute atomic E-state index is 12.0. The number of aromatic nitrogens is 1. The van der Waals surface area contributed by atoms with E-state index in [9.17, 15) is 8.42 Å². The third-order valence-corrected chi connectivity index (χ3v) is 5.75. The van der Waals surface area contributed by atoms with Crippen LogP contribution >= 0.6 is 0 Å². The second-order valence-corrected chi connectivity index (χ2v) is 8.74. The van der Waals surface area contributed by atoms with Crippen molar-refractivity contribution in [2.45, 2.75) is 10.9 Å². The number of benzene rings is 3. The van der Waals surface area contributed by atoms with Crippen molar-refractivity contribution in [2.75, 3.05) is 11.6 Å². The molecule has 0 spiro atoms. The van der Waals surface area contributed by atoms with Gasteiger partial charge < -0.3 is 5.32 Å². The van der Waals surface area contributed by atoms with Gasteiger partial charge in [0.1, 0.15) is 5.82 Å². The van der Waals surface area contributed by atoms with Crippen LogP contribution in [0.15, 0.2) is 95.9 Å². The molecule has 0 aliphatic heterocycles. The summed E-state index contributed by atoms with van der Waals surface area (Å²) in [7, 11) is -3.29. The summed E-state index contributed by atoms with van der Waals surface area (Å²) >= 11 is 0. The van der Waals surface area contributed by atoms with Crippen LogP contribution in [0.2, 0.25) is 0 Å². The van der Waals surface area contributed by atoms with Gasteiger partial charge in [0.05, 0.1) is 16.5 Å². The summed E-state index contributed by atoms with van der Waals surface area (Å²) < 4.78 is 24.0. The fraction of sp³-hybridized carbons (Fsp3) is 0.0870. The maximum Gasteiger partial charge on any atom is 0.175 e. The first-order valence-corrected chi connectivity index (χ1v) is 10.9. The van der Waals surface area contributed by atoms with E-state index in [-0.39, 0.29) is 6.04 Å². The van der Waals surface area contributed by atoms with Crippen molar-refractivity contribution in [1.29, 1.82) is 0 Å². The lowest BCUT2D eigenvalue weighted by molar-refractivity contribution is 0.601. The Morgan fingerprint density at radius 2 is 1.50 bits per heavy atom. The minimum atomic E-state index is -3.29. The van der Waals surface area contributed by atoms with Gasteiger partial charge in [0.2, 0.25) is 0 Å². The van der Waals surface area contributed by atoms with E-state index in [4.69, 9.17) is 4.98 Å². The van der Waals surface area contributed by atoms with Gasteiger partial charge in [-0.3, -0.25) is 0 Å². The number of pyridine rings is 1. The lowest BCUT2D eigenvalue weighted by Crippen LogP contribution is -2.14. The lowest BCUT2D eigenvalue weighted by atomic mass is 9.98. The molecule has 0 aliphatic carbocycles. The standard InChI is InChI=1S/C23H20N2O2S/c1-28(26,27)20-12-7-11-19(16-20)23(18-9-3-2-4-10-18)25-22-15-14-17-8-5-6-13-21(17)24-22/h2-16,23H,1H3,(H,24,25). The van der Waals surface area contributed by atoms with Crippen molar-refractivity contribution in [3.8, 4) is 0 Å². The minimum absolute atomic E-state index is 0.225. The molecule has 1 atom stereocenters. The number of nitrogens with one attached hydrogen (secondary N) is 1. The maximum atomic E-state index is 12.0. The summed E-state index contributed by atoms with van der Waals surface area (Å²) in [6, 6.07) is 28.7. The van der Waals surface area contributed by atoms with E-state index in [2.05, 4.69) is 5.32 Å². The first kappa shape index (κ1) is 18.2. The number of sulfone groups is 1. The fourth-order valence-electron chi connectivity index (χ4n) is 3.22. The molecule has 1 unspecified atom stereocenters. The second kappa shape index (κ2) is 7.44. The van der Waals surface area contributed by atoms with E-state index in [1.165, 1.54) is 6.26 Å². The third-order valence-electron chi connectivity index (χ3n) is 4.64. The van der Waals surface area contributed by atoms with E-state index in [0.29, 0.717) is 4.90 Å². The SMILES string of the molecule is CS(=O)(=O)c1cccc(C(Nc2ccc3ccccc3n2)c2ccccc2)c1. The Hall–Kier alpha value is -3.18. The van der Waals surface area contributed by atoms with Crippen LogP contribution in [0.5, 0.6) is 0 Å². The molecule has 0 amide bonds. The molecular formula is C23H20N2O2S. The first-order valence-electron chi connectivity index (χ1n) is 8.98. The zero-order chi connectivity index (χ0) is 19.6. The van der Waals surface area contributed by atoms with E-state index >= 15 is 0 Å². The highest BCUT2D eigenvalue weighted by Crippen LogP contribution is 2.28. The molecule has 0 bridgehead atoms. The average molecular weight is 388 g/mol. The monoisotopic (exact) mass is 388 g/mol. The molecule has 1 N–H and O–H groups in total. The Kier molecular flexibility index (Phi) is 4.84. The van der Waals surface area contributed by atoms with Crippen molar-refractivity contribution in [3.05, 3.63) is 102 Å². The molecule has 0 fully saturated rings. The molecule has 140 valence electrons. The number of anilines is 1. The smallest absolute Gasteiger partial charge is 0.175 e. The molecule has 5 heteroatoms. The number of para-hydroxylation sites is 1. The van der Waals surface area contributed by atoms with Gasteiger partial charge in [0, 0.05) is 11.6 Å². The third kappa shape index (κ3) is 3.89. The first-order chi connectivity index (χ1) is 13.5. The van der Waals surface area contributed by atoms with E-state index in [1.54, 1.807) is 18.2 Å². The van der Waals surface area contributed by atoms with Gasteiger partial charge in [-0.25, -0.2) is 13.4 Å². The van der Waals surface area contributed by atoms with Gasteiger partial charge in [0.15, 0.2) is 9.84 Å². The lowest BCUT2D eigenvalue weighted by Gasteiger charge is -2.21. The number of fused-ring (bicyclic) bond motifs is 1. The number of rotatable bonds is 5. The normalized spacial score (nSPS) is 12.6. The topological polar surface area (TPSA) is 59.1 Å². The van der Waals surface area contributed by atoms with E-state index in [1.807, 2.05) is 72.8 Å². The van der Waals surface area contributed by atoms with Gasteiger partial charge in [-0.2, -0.15) is 0 Å². The molecule has 0 radical (unpaired) electrons. The van der Waals surface area contributed by atoms with Gasteiger partial charge in [-0.1, -0.05) is 60.7 Å². The Morgan fingerprint density at radius 3 is 2.29 bits per heavy atom. The molecule has 0 aliphatic rings. The van der Waals surface area contributed by atoms with Crippen LogP contribution in [0.1, 0.15) is 17.2 Å². The Morgan fingerprint density at radius 1 is 0.786 bits per heavy atom. The summed E-state index contributed by atoms with van der Waals surface area (Å²) in [4.78, 5) is 5.01. The molecular weight excluding hydrogens is 368 g/mol. The Bertz CT molecular complexity index is 1220. The predicted molar refractivity (Wildman–Crippen MR) is 113 cm³/mol. The molecule has 28 heavy (non-hydrogen) atoms. The van der Waals surface area contributed by atoms with E-state index < -0.39 is 9.84 Å². The largest absolute Gasteiger partial charge is 0.359 e. The van der Waals surface area contributed by atoms with Crippen LogP contribution in [0, 0.1) is 0 Å². The van der Waals surface area contributed by atoms with Crippen LogP contribution in [0.25, 0.3) is 10.9 Å². The summed E-state index contributed by atoms with van der Waals surface area (Å²) in [5.41, 5.74) is 2.80. The fourth-order valence-corrected chi connectivity index (χ4v) is 3.90. The molecule has 4 nitrogen and oxygen atoms in total. The number of nitrogens with zero attached hydrogens (tertiary/aromatic N) is 1. The molecule has 0 saturated carbocycles. The zero-order valence-electron chi connectivity index (χ0n) is 15.4. The summed E-state index contributed by atoms with van der Waals surface area (Å²) in [6.07, 6.45) is 1.22. The van der Waals surface area contributed by atoms with Gasteiger partial charge in [0.25, 0.3) is 0 Å². The zero-order valence-corrected chi connectivity index (χ0v) is 16.2. The van der Waals surface area contributed by atoms with Gasteiger partial charge in [-0.15, -0.1) is 0 Å². The average Bonchev–Trinajstić information content (AvgIpc) is 2.72. The van der Waals surface area contributed by atoms with Crippen molar-refractivity contribution in [3.63, 3.8) is 0 Å². The molecule has 1 aromatic heterocycles. The molecule has 3 aromatic carbocycles. The highest BCUT2D eigenvalue weighted by atomic mass is 32.2. The van der Waals surface area contributed by atoms with Crippen LogP contribution in [0.4, 0.5) is 5.82 Å². The van der Waals surface area contributed by atoms with Crippen molar-refractivity contribution in [1.82, 2.24) is 4.98 Å². The van der Waals surface area contributed by atoms with Crippen LogP contribution in [-0.2, 0) is 9.84 Å². The minimum Gasteiger partial charge on any atom is -0.359 e. The molecule has 4 rings (SSSR count). The highest BCUT2D eigenvalue weighted by molar-refractivity contribution is 7.90. The Labute approximate surface area is 164 Å². The molecule has 1 heterocycles. The van der Waals surface area contributed by atoms with Crippen LogP contribution in [-0.4, -0.2) is 19.7 Å². The van der Waals surface area contributed by atoms with Crippen molar-refractivity contribution < 1.29 is 8.42 Å². The van der Waals surface area contributed by atoms with Crippen molar-refractivity contribution >= 4 is 26.6 Å². The van der Waals surface area contributed by atoms with E-state index in [0.717, 1.165) is 27.8 Å². The molecule has 4 aromatic rings. The Balaban J connectivity index is 1.78. The number of hydrogen-bond donors (Lipinski definition) is 1. The molecule has 0 saturated heterocycles. The number of hydrogen-bond acceptors (Lipinski definition) is 4. The van der Waals surface area contributed by atoms with Crippen LogP contribution < -0.4 is 5.32 Å². The van der Waals surface area contributed by atoms with Gasteiger partial charge >= 0.3 is 0 Å². The second-order valence-electron chi connectivity index (χ2n) is 6.72.